The van der Waals surface area contributed by atoms with Crippen LogP contribution >= 0.6 is 22.9 Å². The number of carbonyl (C=O) groups excluding carboxylic acids is 2. The molecule has 3 rings (SSSR count). The number of aldehydes is 1. The minimum atomic E-state index is -0.295. The van der Waals surface area contributed by atoms with Crippen molar-refractivity contribution in [1.29, 1.82) is 0 Å². The average Bonchev–Trinajstić information content (AvgIpc) is 3.06. The maximum absolute atomic E-state index is 11.6. The van der Waals surface area contributed by atoms with Crippen LogP contribution in [0.4, 0.5) is 0 Å². The van der Waals surface area contributed by atoms with Gasteiger partial charge >= 0.3 is 5.97 Å². The van der Waals surface area contributed by atoms with E-state index in [1.54, 1.807) is 23.6 Å². The zero-order valence-corrected chi connectivity index (χ0v) is 14.8. The Morgan fingerprint density at radius 1 is 1.46 bits per heavy atom. The van der Waals surface area contributed by atoms with Gasteiger partial charge in [-0.25, -0.2) is 4.98 Å². The monoisotopic (exact) mass is 362 g/mol. The van der Waals surface area contributed by atoms with E-state index in [1.165, 1.54) is 11.3 Å². The third-order valence-electron chi connectivity index (χ3n) is 3.52. The van der Waals surface area contributed by atoms with Crippen LogP contribution in [-0.4, -0.2) is 28.2 Å². The summed E-state index contributed by atoms with van der Waals surface area (Å²) in [7, 11) is 0. The Kier molecular flexibility index (Phi) is 4.69. The molecule has 0 saturated heterocycles. The molecule has 0 aliphatic heterocycles. The molecule has 0 aliphatic rings. The third-order valence-corrected chi connectivity index (χ3v) is 4.84. The summed E-state index contributed by atoms with van der Waals surface area (Å²) in [6, 6.07) is 5.60. The lowest BCUT2D eigenvalue weighted by Gasteiger charge is -2.03. The van der Waals surface area contributed by atoms with E-state index < -0.39 is 0 Å². The molecule has 0 N–H and O–H groups in total. The molecule has 24 heavy (non-hydrogen) atoms. The number of carbonyl (C=O) groups is 2. The van der Waals surface area contributed by atoms with Gasteiger partial charge in [0.2, 0.25) is 0 Å². The average molecular weight is 363 g/mol. The zero-order chi connectivity index (χ0) is 17.3. The number of halogens is 1. The molecule has 0 aliphatic carbocycles. The van der Waals surface area contributed by atoms with Gasteiger partial charge in [0.05, 0.1) is 18.1 Å². The molecule has 0 unspecified atom stereocenters. The Balaban J connectivity index is 2.05. The van der Waals surface area contributed by atoms with Gasteiger partial charge in [-0.05, 0) is 26.0 Å². The summed E-state index contributed by atoms with van der Waals surface area (Å²) >= 11 is 7.62. The SMILES string of the molecule is CCOC(=O)Cc1cn2c(C=O)c(-c3cc(C)ccc3Cl)nc2s1. The highest BCUT2D eigenvalue weighted by Crippen LogP contribution is 2.33. The lowest BCUT2D eigenvalue weighted by Crippen LogP contribution is -2.06. The largest absolute Gasteiger partial charge is 0.466 e. The van der Waals surface area contributed by atoms with Crippen molar-refractivity contribution >= 4 is 40.2 Å². The molecule has 7 heteroatoms. The number of ether oxygens (including phenoxy) is 1. The van der Waals surface area contributed by atoms with Crippen LogP contribution < -0.4 is 0 Å². The fraction of sp³-hybridized carbons (Fsp3) is 0.235. The Morgan fingerprint density at radius 2 is 2.25 bits per heavy atom. The van der Waals surface area contributed by atoms with Crippen LogP contribution in [0.3, 0.4) is 0 Å². The first-order chi connectivity index (χ1) is 11.5. The second kappa shape index (κ2) is 6.75. The fourth-order valence-electron chi connectivity index (χ4n) is 2.48. The van der Waals surface area contributed by atoms with E-state index in [4.69, 9.17) is 16.3 Å². The summed E-state index contributed by atoms with van der Waals surface area (Å²) in [4.78, 5) is 29.2. The smallest absolute Gasteiger partial charge is 0.311 e. The number of rotatable bonds is 5. The molecule has 0 fully saturated rings. The van der Waals surface area contributed by atoms with Crippen molar-refractivity contribution in [2.45, 2.75) is 20.3 Å². The number of hydrogen-bond acceptors (Lipinski definition) is 5. The van der Waals surface area contributed by atoms with E-state index in [-0.39, 0.29) is 12.4 Å². The van der Waals surface area contributed by atoms with Gasteiger partial charge in [-0.1, -0.05) is 23.2 Å². The van der Waals surface area contributed by atoms with Crippen LogP contribution in [0, 0.1) is 6.92 Å². The molecule has 2 aromatic heterocycles. The molecule has 0 atom stereocenters. The lowest BCUT2D eigenvalue weighted by atomic mass is 10.1. The molecule has 3 aromatic rings. The van der Waals surface area contributed by atoms with Crippen molar-refractivity contribution in [2.24, 2.45) is 0 Å². The van der Waals surface area contributed by atoms with E-state index >= 15 is 0 Å². The first-order valence-corrected chi connectivity index (χ1v) is 8.61. The molecule has 0 amide bonds. The molecule has 124 valence electrons. The van der Waals surface area contributed by atoms with Gasteiger partial charge in [0.15, 0.2) is 11.2 Å². The van der Waals surface area contributed by atoms with E-state index in [1.807, 2.05) is 19.1 Å². The summed E-state index contributed by atoms with van der Waals surface area (Å²) in [6.07, 6.45) is 2.68. The summed E-state index contributed by atoms with van der Waals surface area (Å²) < 4.78 is 6.64. The van der Waals surface area contributed by atoms with Crippen LogP contribution in [0.15, 0.2) is 24.4 Å². The highest BCUT2D eigenvalue weighted by molar-refractivity contribution is 7.17. The predicted octanol–water partition coefficient (Wildman–Crippen LogP) is 3.94. The minimum Gasteiger partial charge on any atom is -0.466 e. The molecule has 0 radical (unpaired) electrons. The van der Waals surface area contributed by atoms with E-state index in [0.29, 0.717) is 28.0 Å². The number of hydrogen-bond donors (Lipinski definition) is 0. The Labute approximate surface area is 147 Å². The van der Waals surface area contributed by atoms with Crippen molar-refractivity contribution in [2.75, 3.05) is 6.61 Å². The van der Waals surface area contributed by atoms with Crippen LogP contribution in [0.1, 0.15) is 27.9 Å². The highest BCUT2D eigenvalue weighted by atomic mass is 35.5. The molecule has 0 saturated carbocycles. The summed E-state index contributed by atoms with van der Waals surface area (Å²) in [5, 5.41) is 0.543. The summed E-state index contributed by atoms with van der Waals surface area (Å²) in [5.74, 6) is -0.295. The van der Waals surface area contributed by atoms with Crippen molar-refractivity contribution < 1.29 is 14.3 Å². The first-order valence-electron chi connectivity index (χ1n) is 7.41. The van der Waals surface area contributed by atoms with Gasteiger partial charge in [0, 0.05) is 16.6 Å². The van der Waals surface area contributed by atoms with E-state index in [0.717, 1.165) is 22.3 Å². The number of fused-ring (bicyclic) bond motifs is 1. The Morgan fingerprint density at radius 3 is 2.96 bits per heavy atom. The number of benzene rings is 1. The number of imidazole rings is 1. The summed E-state index contributed by atoms with van der Waals surface area (Å²) in [5.41, 5.74) is 2.73. The Hall–Kier alpha value is -2.18. The van der Waals surface area contributed by atoms with Crippen molar-refractivity contribution in [3.05, 3.63) is 45.6 Å². The van der Waals surface area contributed by atoms with Gasteiger partial charge in [0.1, 0.15) is 11.4 Å². The predicted molar refractivity (Wildman–Crippen MR) is 94.0 cm³/mol. The van der Waals surface area contributed by atoms with Gasteiger partial charge in [0.25, 0.3) is 0 Å². The Bertz CT molecular complexity index is 929. The van der Waals surface area contributed by atoms with Crippen molar-refractivity contribution in [3.8, 4) is 11.3 Å². The maximum Gasteiger partial charge on any atom is 0.311 e. The lowest BCUT2D eigenvalue weighted by molar-refractivity contribution is -0.142. The molecule has 5 nitrogen and oxygen atoms in total. The van der Waals surface area contributed by atoms with Crippen LogP contribution in [-0.2, 0) is 16.0 Å². The number of nitrogens with zero attached hydrogens (tertiary/aromatic N) is 2. The third kappa shape index (κ3) is 3.07. The minimum absolute atomic E-state index is 0.167. The second-order valence-corrected chi connectivity index (χ2v) is 6.78. The topological polar surface area (TPSA) is 60.7 Å². The van der Waals surface area contributed by atoms with Crippen LogP contribution in [0.5, 0.6) is 0 Å². The number of aromatic nitrogens is 2. The number of aryl methyl sites for hydroxylation is 1. The molecule has 2 heterocycles. The molecule has 1 aromatic carbocycles. The first kappa shape index (κ1) is 16.7. The van der Waals surface area contributed by atoms with E-state index in [2.05, 4.69) is 4.98 Å². The quantitative estimate of drug-likeness (QED) is 0.509. The normalized spacial score (nSPS) is 11.0. The van der Waals surface area contributed by atoms with Gasteiger partial charge in [-0.2, -0.15) is 0 Å². The van der Waals surface area contributed by atoms with Crippen molar-refractivity contribution in [3.63, 3.8) is 0 Å². The fourth-order valence-corrected chi connectivity index (χ4v) is 3.65. The standard InChI is InChI=1S/C17H15ClN2O3S/c1-3-23-15(22)7-11-8-20-14(9-21)16(19-17(20)24-11)12-6-10(2)4-5-13(12)18/h4-6,8-9H,3,7H2,1-2H3. The van der Waals surface area contributed by atoms with Gasteiger partial charge < -0.3 is 4.74 Å². The van der Waals surface area contributed by atoms with Gasteiger partial charge in [-0.3, -0.25) is 14.0 Å². The zero-order valence-electron chi connectivity index (χ0n) is 13.2. The molecule has 0 bridgehead atoms. The highest BCUT2D eigenvalue weighted by Gasteiger charge is 2.19. The molecular weight excluding hydrogens is 348 g/mol. The van der Waals surface area contributed by atoms with Crippen LogP contribution in [0.25, 0.3) is 16.2 Å². The van der Waals surface area contributed by atoms with Crippen molar-refractivity contribution in [1.82, 2.24) is 9.38 Å². The second-order valence-electron chi connectivity index (χ2n) is 5.28. The maximum atomic E-state index is 11.6. The molecule has 0 spiro atoms. The number of thiazole rings is 1. The van der Waals surface area contributed by atoms with E-state index in [9.17, 15) is 9.59 Å². The molecular formula is C17H15ClN2O3S. The van der Waals surface area contributed by atoms with Crippen LogP contribution in [0.2, 0.25) is 5.02 Å². The summed E-state index contributed by atoms with van der Waals surface area (Å²) in [6.45, 7) is 4.06. The number of esters is 1. The van der Waals surface area contributed by atoms with Gasteiger partial charge in [-0.15, -0.1) is 11.3 Å².